The number of halogens is 1. The number of nitrogens with two attached hydrogens (primary N) is 1. The van der Waals surface area contributed by atoms with Gasteiger partial charge in [-0.05, 0) is 58.5 Å². The van der Waals surface area contributed by atoms with Gasteiger partial charge in [0, 0.05) is 21.4 Å². The predicted octanol–water partition coefficient (Wildman–Crippen LogP) is 3.00. The Morgan fingerprint density at radius 2 is 1.78 bits per heavy atom. The van der Waals surface area contributed by atoms with E-state index < -0.39 is 5.91 Å². The van der Waals surface area contributed by atoms with Gasteiger partial charge in [-0.1, -0.05) is 18.2 Å². The van der Waals surface area contributed by atoms with Crippen LogP contribution in [0.1, 0.15) is 15.9 Å². The molecule has 2 aromatic rings. The van der Waals surface area contributed by atoms with Crippen LogP contribution in [-0.4, -0.2) is 5.91 Å². The Morgan fingerprint density at radius 3 is 2.44 bits per heavy atom. The summed E-state index contributed by atoms with van der Waals surface area (Å²) in [5.74, 6) is -0.394. The number of anilines is 1. The molecule has 0 bridgehead atoms. The molecule has 3 N–H and O–H groups in total. The Labute approximate surface area is 120 Å². The quantitative estimate of drug-likeness (QED) is 0.832. The molecule has 4 heteroatoms. The second-order valence-electron chi connectivity index (χ2n) is 3.88. The van der Waals surface area contributed by atoms with Crippen LogP contribution in [0.3, 0.4) is 0 Å². The molecule has 0 aliphatic heterocycles. The summed E-state index contributed by atoms with van der Waals surface area (Å²) >= 11 is 2.26. The molecule has 0 unspecified atom stereocenters. The highest BCUT2D eigenvalue weighted by atomic mass is 127. The summed E-state index contributed by atoms with van der Waals surface area (Å²) in [7, 11) is 0. The molecule has 0 aliphatic rings. The lowest BCUT2D eigenvalue weighted by atomic mass is 10.1. The fourth-order valence-electron chi connectivity index (χ4n) is 1.68. The molecule has 0 saturated carbocycles. The van der Waals surface area contributed by atoms with E-state index in [1.54, 1.807) is 6.07 Å². The number of carbonyl (C=O) groups excluding carboxylic acids is 1. The average Bonchev–Trinajstić information content (AvgIpc) is 2.38. The van der Waals surface area contributed by atoms with Crippen LogP contribution < -0.4 is 11.1 Å². The molecule has 0 spiro atoms. The van der Waals surface area contributed by atoms with Crippen molar-refractivity contribution in [1.29, 1.82) is 0 Å². The van der Waals surface area contributed by atoms with Crippen molar-refractivity contribution in [2.75, 3.05) is 5.32 Å². The third-order valence-electron chi connectivity index (χ3n) is 2.61. The van der Waals surface area contributed by atoms with Crippen LogP contribution in [0.5, 0.6) is 0 Å². The molecule has 18 heavy (non-hydrogen) atoms. The van der Waals surface area contributed by atoms with E-state index in [2.05, 4.69) is 27.9 Å². The van der Waals surface area contributed by atoms with E-state index in [-0.39, 0.29) is 0 Å². The lowest BCUT2D eigenvalue weighted by molar-refractivity contribution is 0.0999. The van der Waals surface area contributed by atoms with Crippen molar-refractivity contribution in [3.8, 4) is 0 Å². The summed E-state index contributed by atoms with van der Waals surface area (Å²) in [6.07, 6.45) is 0. The van der Waals surface area contributed by atoms with Crippen LogP contribution in [0.2, 0.25) is 0 Å². The summed E-state index contributed by atoms with van der Waals surface area (Å²) in [6.45, 7) is 0.583. The van der Waals surface area contributed by atoms with E-state index in [0.717, 1.165) is 11.3 Å². The Bertz CT molecular complexity index is 552. The van der Waals surface area contributed by atoms with Crippen molar-refractivity contribution in [1.82, 2.24) is 0 Å². The van der Waals surface area contributed by atoms with Gasteiger partial charge >= 0.3 is 0 Å². The topological polar surface area (TPSA) is 55.1 Å². The first-order valence-electron chi connectivity index (χ1n) is 5.54. The van der Waals surface area contributed by atoms with Gasteiger partial charge in [0.1, 0.15) is 0 Å². The van der Waals surface area contributed by atoms with E-state index >= 15 is 0 Å². The van der Waals surface area contributed by atoms with Gasteiger partial charge in [0.25, 0.3) is 0 Å². The molecule has 92 valence electrons. The highest BCUT2D eigenvalue weighted by Gasteiger charge is 2.06. The number of benzene rings is 2. The van der Waals surface area contributed by atoms with E-state index in [9.17, 15) is 4.79 Å². The van der Waals surface area contributed by atoms with Gasteiger partial charge in [0.15, 0.2) is 0 Å². The van der Waals surface area contributed by atoms with Gasteiger partial charge in [0.05, 0.1) is 0 Å². The summed E-state index contributed by atoms with van der Waals surface area (Å²) in [4.78, 5) is 11.3. The van der Waals surface area contributed by atoms with Crippen molar-refractivity contribution in [3.05, 3.63) is 63.2 Å². The molecule has 1 amide bonds. The largest absolute Gasteiger partial charge is 0.381 e. The molecular formula is C14H13IN2O. The Morgan fingerprint density at radius 1 is 1.11 bits per heavy atom. The summed E-state index contributed by atoms with van der Waals surface area (Å²) in [5, 5.41) is 3.27. The minimum Gasteiger partial charge on any atom is -0.381 e. The number of primary amides is 1. The number of nitrogens with one attached hydrogen (secondary N) is 1. The van der Waals surface area contributed by atoms with Gasteiger partial charge in [0.2, 0.25) is 5.91 Å². The molecule has 0 atom stereocenters. The van der Waals surface area contributed by atoms with Crippen LogP contribution in [0.4, 0.5) is 5.69 Å². The maximum atomic E-state index is 11.3. The standard InChI is InChI=1S/C14H13IN2O/c15-11-5-7-12(8-6-11)17-9-10-3-1-2-4-13(10)14(16)18/h1-8,17H,9H2,(H2,16,18). The number of rotatable bonds is 4. The van der Waals surface area contributed by atoms with Crippen LogP contribution in [-0.2, 0) is 6.54 Å². The minimum absolute atomic E-state index is 0.394. The fourth-order valence-corrected chi connectivity index (χ4v) is 2.04. The third kappa shape index (κ3) is 3.22. The van der Waals surface area contributed by atoms with Crippen molar-refractivity contribution in [2.24, 2.45) is 5.73 Å². The number of amides is 1. The smallest absolute Gasteiger partial charge is 0.249 e. The number of hydrogen-bond acceptors (Lipinski definition) is 2. The zero-order valence-corrected chi connectivity index (χ0v) is 11.8. The fraction of sp³-hybridized carbons (Fsp3) is 0.0714. The molecule has 0 radical (unpaired) electrons. The lowest BCUT2D eigenvalue weighted by Gasteiger charge is -2.09. The number of carbonyl (C=O) groups is 1. The minimum atomic E-state index is -0.394. The monoisotopic (exact) mass is 352 g/mol. The molecule has 3 nitrogen and oxygen atoms in total. The second-order valence-corrected chi connectivity index (χ2v) is 5.13. The van der Waals surface area contributed by atoms with E-state index in [1.165, 1.54) is 3.57 Å². The molecule has 0 aromatic heterocycles. The van der Waals surface area contributed by atoms with Crippen LogP contribution in [0.15, 0.2) is 48.5 Å². The first kappa shape index (κ1) is 12.9. The van der Waals surface area contributed by atoms with Crippen LogP contribution in [0, 0.1) is 3.57 Å². The zero-order valence-electron chi connectivity index (χ0n) is 9.69. The molecule has 0 saturated heterocycles. The van der Waals surface area contributed by atoms with Gasteiger partial charge in [-0.25, -0.2) is 0 Å². The van der Waals surface area contributed by atoms with Crippen molar-refractivity contribution in [3.63, 3.8) is 0 Å². The van der Waals surface area contributed by atoms with Crippen molar-refractivity contribution < 1.29 is 4.79 Å². The van der Waals surface area contributed by atoms with Crippen LogP contribution in [0.25, 0.3) is 0 Å². The maximum absolute atomic E-state index is 11.3. The van der Waals surface area contributed by atoms with Gasteiger partial charge in [-0.3, -0.25) is 4.79 Å². The zero-order chi connectivity index (χ0) is 13.0. The first-order chi connectivity index (χ1) is 8.66. The molecule has 0 heterocycles. The van der Waals surface area contributed by atoms with Crippen molar-refractivity contribution in [2.45, 2.75) is 6.54 Å². The van der Waals surface area contributed by atoms with Gasteiger partial charge in [-0.2, -0.15) is 0 Å². The van der Waals surface area contributed by atoms with E-state index in [1.807, 2.05) is 42.5 Å². The average molecular weight is 352 g/mol. The molecule has 0 aliphatic carbocycles. The lowest BCUT2D eigenvalue weighted by Crippen LogP contribution is -2.15. The normalized spacial score (nSPS) is 10.1. The molecule has 0 fully saturated rings. The number of hydrogen-bond donors (Lipinski definition) is 2. The third-order valence-corrected chi connectivity index (χ3v) is 3.33. The summed E-state index contributed by atoms with van der Waals surface area (Å²) in [5.41, 5.74) is 7.83. The van der Waals surface area contributed by atoms with Crippen LogP contribution >= 0.6 is 22.6 Å². The SMILES string of the molecule is NC(=O)c1ccccc1CNc1ccc(I)cc1. The van der Waals surface area contributed by atoms with Crippen molar-refractivity contribution >= 4 is 34.2 Å². The van der Waals surface area contributed by atoms with Gasteiger partial charge < -0.3 is 11.1 Å². The highest BCUT2D eigenvalue weighted by molar-refractivity contribution is 14.1. The highest BCUT2D eigenvalue weighted by Crippen LogP contribution is 2.14. The molecule has 2 aromatic carbocycles. The second kappa shape index (κ2) is 5.86. The maximum Gasteiger partial charge on any atom is 0.249 e. The Balaban J connectivity index is 2.10. The van der Waals surface area contributed by atoms with E-state index in [4.69, 9.17) is 5.73 Å². The van der Waals surface area contributed by atoms with E-state index in [0.29, 0.717) is 12.1 Å². The first-order valence-corrected chi connectivity index (χ1v) is 6.62. The summed E-state index contributed by atoms with van der Waals surface area (Å²) < 4.78 is 1.19. The molecule has 2 rings (SSSR count). The molecular weight excluding hydrogens is 339 g/mol. The summed E-state index contributed by atoms with van der Waals surface area (Å²) in [6, 6.07) is 15.4. The predicted molar refractivity (Wildman–Crippen MR) is 81.4 cm³/mol. The van der Waals surface area contributed by atoms with Gasteiger partial charge in [-0.15, -0.1) is 0 Å². The Hall–Kier alpha value is -1.56. The Kier molecular flexibility index (Phi) is 4.19.